The summed E-state index contributed by atoms with van der Waals surface area (Å²) in [5.74, 6) is 1.05. The molecule has 1 aliphatic carbocycles. The van der Waals surface area contributed by atoms with Crippen molar-refractivity contribution >= 4 is 17.7 Å². The van der Waals surface area contributed by atoms with Gasteiger partial charge in [0, 0.05) is 24.4 Å². The van der Waals surface area contributed by atoms with E-state index in [4.69, 9.17) is 0 Å². The van der Waals surface area contributed by atoms with E-state index in [-0.39, 0.29) is 0 Å². The van der Waals surface area contributed by atoms with Crippen molar-refractivity contribution in [2.75, 3.05) is 25.4 Å². The largest absolute Gasteiger partial charge is 0.342 e. The number of carbonyl (C=O) groups excluding carboxylic acids is 1. The van der Waals surface area contributed by atoms with Crippen LogP contribution in [0.1, 0.15) is 45.4 Å². The molecule has 2 fully saturated rings. The minimum absolute atomic E-state index is 0.360. The van der Waals surface area contributed by atoms with E-state index >= 15 is 0 Å². The summed E-state index contributed by atoms with van der Waals surface area (Å²) < 4.78 is 0. The Morgan fingerprint density at radius 1 is 1.28 bits per heavy atom. The van der Waals surface area contributed by atoms with Crippen LogP contribution >= 0.6 is 11.8 Å². The van der Waals surface area contributed by atoms with Crippen molar-refractivity contribution < 1.29 is 4.79 Å². The van der Waals surface area contributed by atoms with Crippen molar-refractivity contribution in [1.29, 1.82) is 0 Å². The highest BCUT2D eigenvalue weighted by Crippen LogP contribution is 2.30. The molecule has 0 spiro atoms. The summed E-state index contributed by atoms with van der Waals surface area (Å²) in [6, 6.07) is 0.640. The van der Waals surface area contributed by atoms with Crippen molar-refractivity contribution in [1.82, 2.24) is 10.2 Å². The van der Waals surface area contributed by atoms with E-state index in [1.54, 1.807) is 0 Å². The number of amides is 1. The number of carbonyl (C=O) groups is 1. The maximum Gasteiger partial charge on any atom is 0.232 e. The third kappa shape index (κ3) is 3.89. The van der Waals surface area contributed by atoms with Gasteiger partial charge in [-0.2, -0.15) is 0 Å². The SMILES string of the molecule is CCCNC1CCCC1SCC(=O)N1CCCC1. The summed E-state index contributed by atoms with van der Waals surface area (Å²) in [6.45, 7) is 5.30. The van der Waals surface area contributed by atoms with Crippen LogP contribution in [-0.4, -0.2) is 47.5 Å². The molecule has 1 aliphatic heterocycles. The van der Waals surface area contributed by atoms with Crippen LogP contribution in [0.4, 0.5) is 0 Å². The van der Waals surface area contributed by atoms with Gasteiger partial charge in [-0.3, -0.25) is 4.79 Å². The highest BCUT2D eigenvalue weighted by Gasteiger charge is 2.28. The van der Waals surface area contributed by atoms with Gasteiger partial charge in [0.15, 0.2) is 0 Å². The molecule has 0 bridgehead atoms. The first-order valence-corrected chi connectivity index (χ1v) is 8.49. The van der Waals surface area contributed by atoms with Gasteiger partial charge in [0.25, 0.3) is 0 Å². The second kappa shape index (κ2) is 7.39. The summed E-state index contributed by atoms with van der Waals surface area (Å²) in [7, 11) is 0. The van der Waals surface area contributed by atoms with Crippen LogP contribution in [0, 0.1) is 0 Å². The lowest BCUT2D eigenvalue weighted by atomic mass is 10.2. The molecule has 18 heavy (non-hydrogen) atoms. The van der Waals surface area contributed by atoms with Crippen LogP contribution in [0.2, 0.25) is 0 Å². The van der Waals surface area contributed by atoms with Gasteiger partial charge in [-0.25, -0.2) is 0 Å². The molecule has 1 N–H and O–H groups in total. The lowest BCUT2D eigenvalue weighted by Crippen LogP contribution is -2.36. The lowest BCUT2D eigenvalue weighted by molar-refractivity contribution is -0.127. The topological polar surface area (TPSA) is 32.3 Å². The summed E-state index contributed by atoms with van der Waals surface area (Å²) in [4.78, 5) is 14.0. The van der Waals surface area contributed by atoms with Crippen LogP contribution in [-0.2, 0) is 4.79 Å². The number of nitrogens with zero attached hydrogens (tertiary/aromatic N) is 1. The first kappa shape index (κ1) is 14.2. The number of rotatable bonds is 6. The Labute approximate surface area is 115 Å². The number of likely N-dealkylation sites (tertiary alicyclic amines) is 1. The molecule has 2 rings (SSSR count). The summed E-state index contributed by atoms with van der Waals surface area (Å²) in [5, 5.41) is 4.28. The second-order valence-corrected chi connectivity index (χ2v) is 6.66. The van der Waals surface area contributed by atoms with Crippen LogP contribution in [0.3, 0.4) is 0 Å². The summed E-state index contributed by atoms with van der Waals surface area (Å²) in [5.41, 5.74) is 0. The highest BCUT2D eigenvalue weighted by molar-refractivity contribution is 8.00. The Morgan fingerprint density at radius 2 is 2.06 bits per heavy atom. The molecule has 1 amide bonds. The van der Waals surface area contributed by atoms with Gasteiger partial charge in [0.05, 0.1) is 5.75 Å². The van der Waals surface area contributed by atoms with E-state index < -0.39 is 0 Å². The minimum Gasteiger partial charge on any atom is -0.342 e. The predicted molar refractivity (Wildman–Crippen MR) is 78.0 cm³/mol. The molecule has 1 saturated heterocycles. The molecular formula is C14H26N2OS. The van der Waals surface area contributed by atoms with E-state index in [1.807, 2.05) is 16.7 Å². The van der Waals surface area contributed by atoms with E-state index in [2.05, 4.69) is 12.2 Å². The van der Waals surface area contributed by atoms with E-state index in [0.29, 0.717) is 23.0 Å². The molecule has 0 aromatic carbocycles. The number of hydrogen-bond donors (Lipinski definition) is 1. The maximum absolute atomic E-state index is 12.0. The van der Waals surface area contributed by atoms with E-state index in [0.717, 1.165) is 19.6 Å². The van der Waals surface area contributed by atoms with Crippen LogP contribution < -0.4 is 5.32 Å². The Balaban J connectivity index is 1.69. The number of hydrogen-bond acceptors (Lipinski definition) is 3. The molecule has 0 radical (unpaired) electrons. The van der Waals surface area contributed by atoms with Crippen molar-refractivity contribution in [3.05, 3.63) is 0 Å². The monoisotopic (exact) mass is 270 g/mol. The molecule has 3 nitrogen and oxygen atoms in total. The van der Waals surface area contributed by atoms with Gasteiger partial charge in [-0.1, -0.05) is 13.3 Å². The van der Waals surface area contributed by atoms with Gasteiger partial charge < -0.3 is 10.2 Å². The van der Waals surface area contributed by atoms with Gasteiger partial charge >= 0.3 is 0 Å². The Bertz CT molecular complexity index is 267. The molecule has 2 aliphatic rings. The minimum atomic E-state index is 0.360. The maximum atomic E-state index is 12.0. The zero-order valence-corrected chi connectivity index (χ0v) is 12.3. The first-order chi connectivity index (χ1) is 8.81. The van der Waals surface area contributed by atoms with Gasteiger partial charge in [-0.15, -0.1) is 11.8 Å². The molecule has 1 heterocycles. The average Bonchev–Trinajstić information content (AvgIpc) is 3.04. The Hall–Kier alpha value is -0.220. The smallest absolute Gasteiger partial charge is 0.232 e. The first-order valence-electron chi connectivity index (χ1n) is 7.44. The van der Waals surface area contributed by atoms with E-state index in [1.165, 1.54) is 38.5 Å². The average molecular weight is 270 g/mol. The van der Waals surface area contributed by atoms with E-state index in [9.17, 15) is 4.79 Å². The third-order valence-corrected chi connectivity index (χ3v) is 5.39. The molecule has 4 heteroatoms. The quantitative estimate of drug-likeness (QED) is 0.803. The van der Waals surface area contributed by atoms with Crippen LogP contribution in [0.25, 0.3) is 0 Å². The summed E-state index contributed by atoms with van der Waals surface area (Å²) in [6.07, 6.45) is 7.47. The standard InChI is InChI=1S/C14H26N2OS/c1-2-8-15-12-6-5-7-13(12)18-11-14(17)16-9-3-4-10-16/h12-13,15H,2-11H2,1H3. The predicted octanol–water partition coefficient (Wildman–Crippen LogP) is 2.26. The Kier molecular flexibility index (Phi) is 5.83. The molecule has 104 valence electrons. The fourth-order valence-electron chi connectivity index (χ4n) is 2.92. The van der Waals surface area contributed by atoms with Crippen molar-refractivity contribution in [3.63, 3.8) is 0 Å². The summed E-state index contributed by atoms with van der Waals surface area (Å²) >= 11 is 1.88. The van der Waals surface area contributed by atoms with Crippen LogP contribution in [0.5, 0.6) is 0 Å². The molecule has 2 unspecified atom stereocenters. The van der Waals surface area contributed by atoms with Gasteiger partial charge in [0.1, 0.15) is 0 Å². The molecule has 1 saturated carbocycles. The van der Waals surface area contributed by atoms with Crippen molar-refractivity contribution in [2.45, 2.75) is 56.7 Å². The Morgan fingerprint density at radius 3 is 2.78 bits per heavy atom. The second-order valence-electron chi connectivity index (χ2n) is 5.43. The van der Waals surface area contributed by atoms with Gasteiger partial charge in [-0.05, 0) is 38.6 Å². The molecular weight excluding hydrogens is 244 g/mol. The fourth-order valence-corrected chi connectivity index (χ4v) is 4.26. The molecule has 2 atom stereocenters. The fraction of sp³-hybridized carbons (Fsp3) is 0.929. The normalized spacial score (nSPS) is 27.9. The van der Waals surface area contributed by atoms with Crippen molar-refractivity contribution in [3.8, 4) is 0 Å². The number of nitrogens with one attached hydrogen (secondary N) is 1. The number of thioether (sulfide) groups is 1. The zero-order valence-electron chi connectivity index (χ0n) is 11.5. The highest BCUT2D eigenvalue weighted by atomic mass is 32.2. The van der Waals surface area contributed by atoms with Gasteiger partial charge in [0.2, 0.25) is 5.91 Å². The van der Waals surface area contributed by atoms with Crippen LogP contribution in [0.15, 0.2) is 0 Å². The lowest BCUT2D eigenvalue weighted by Gasteiger charge is -2.21. The third-order valence-electron chi connectivity index (χ3n) is 3.99. The molecule has 0 aromatic heterocycles. The zero-order chi connectivity index (χ0) is 12.8. The van der Waals surface area contributed by atoms with Crippen molar-refractivity contribution in [2.24, 2.45) is 0 Å². The molecule has 0 aromatic rings.